The summed E-state index contributed by atoms with van der Waals surface area (Å²) in [5.41, 5.74) is -0.239. The molecular weight excluding hydrogens is 268 g/mol. The Morgan fingerprint density at radius 2 is 2.15 bits per heavy atom. The number of hydrogen-bond acceptors (Lipinski definition) is 6. The van der Waals surface area contributed by atoms with Crippen molar-refractivity contribution in [3.63, 3.8) is 0 Å². The van der Waals surface area contributed by atoms with Gasteiger partial charge in [-0.1, -0.05) is 11.8 Å². The van der Waals surface area contributed by atoms with E-state index >= 15 is 0 Å². The maximum Gasteiger partial charge on any atom is 0.321 e. The van der Waals surface area contributed by atoms with Crippen molar-refractivity contribution in [3.8, 4) is 5.75 Å². The van der Waals surface area contributed by atoms with Crippen LogP contribution in [0.4, 0.5) is 10.5 Å². The van der Waals surface area contributed by atoms with Crippen molar-refractivity contribution in [1.29, 1.82) is 0 Å². The van der Waals surface area contributed by atoms with Crippen LogP contribution >= 0.6 is 0 Å². The molecule has 3 amide bonds. The molecule has 0 spiro atoms. The molecule has 1 fully saturated rings. The molecule has 1 aromatic carbocycles. The van der Waals surface area contributed by atoms with E-state index in [-0.39, 0.29) is 17.8 Å². The van der Waals surface area contributed by atoms with Gasteiger partial charge in [0.2, 0.25) is 0 Å². The standard InChI is InChI=1S/C11H10N4O5/c16-9-2-1-7(15(19)20)3-6(9)4-12-8-5-13-11(18)14-10(8)17/h1-4,8,16H,5H2,(H2,13,14,17,18)/p-1. The Morgan fingerprint density at radius 3 is 2.80 bits per heavy atom. The number of carbonyl (C=O) groups excluding carboxylic acids is 2. The molecule has 0 radical (unpaired) electrons. The molecule has 9 heteroatoms. The Labute approximate surface area is 112 Å². The van der Waals surface area contributed by atoms with Crippen molar-refractivity contribution >= 4 is 23.8 Å². The van der Waals surface area contributed by atoms with Crippen molar-refractivity contribution < 1.29 is 19.6 Å². The molecule has 0 aliphatic carbocycles. The van der Waals surface area contributed by atoms with Crippen molar-refractivity contribution in [2.75, 3.05) is 6.54 Å². The number of imide groups is 1. The lowest BCUT2D eigenvalue weighted by atomic mass is 10.2. The van der Waals surface area contributed by atoms with E-state index in [0.29, 0.717) is 0 Å². The van der Waals surface area contributed by atoms with E-state index in [9.17, 15) is 24.8 Å². The summed E-state index contributed by atoms with van der Waals surface area (Å²) in [4.78, 5) is 36.1. The van der Waals surface area contributed by atoms with Gasteiger partial charge in [-0.05, 0) is 5.56 Å². The Balaban J connectivity index is 2.19. The minimum absolute atomic E-state index is 0.00361. The van der Waals surface area contributed by atoms with Crippen LogP contribution in [0.3, 0.4) is 0 Å². The van der Waals surface area contributed by atoms with Crippen LogP contribution in [0.25, 0.3) is 0 Å². The molecule has 104 valence electrons. The molecule has 1 aliphatic rings. The monoisotopic (exact) mass is 277 g/mol. The minimum atomic E-state index is -0.869. The van der Waals surface area contributed by atoms with Crippen LogP contribution in [0.1, 0.15) is 5.56 Å². The molecule has 9 nitrogen and oxygen atoms in total. The lowest BCUT2D eigenvalue weighted by Gasteiger charge is -2.19. The van der Waals surface area contributed by atoms with Gasteiger partial charge in [-0.2, -0.15) is 0 Å². The highest BCUT2D eigenvalue weighted by atomic mass is 16.6. The highest BCUT2D eigenvalue weighted by Gasteiger charge is 2.24. The van der Waals surface area contributed by atoms with Crippen molar-refractivity contribution in [3.05, 3.63) is 33.9 Å². The molecule has 1 atom stereocenters. The molecule has 1 aromatic rings. The number of hydrogen-bond donors (Lipinski definition) is 2. The van der Waals surface area contributed by atoms with Gasteiger partial charge in [-0.15, -0.1) is 0 Å². The molecule has 2 rings (SSSR count). The summed E-state index contributed by atoms with van der Waals surface area (Å²) in [6, 6.07) is 1.74. The van der Waals surface area contributed by atoms with Crippen molar-refractivity contribution in [1.82, 2.24) is 10.6 Å². The Morgan fingerprint density at radius 1 is 1.40 bits per heavy atom. The van der Waals surface area contributed by atoms with E-state index in [2.05, 4.69) is 10.3 Å². The van der Waals surface area contributed by atoms with Gasteiger partial charge in [0.15, 0.2) is 0 Å². The van der Waals surface area contributed by atoms with E-state index in [4.69, 9.17) is 0 Å². The highest BCUT2D eigenvalue weighted by molar-refractivity contribution is 6.00. The predicted octanol–water partition coefficient (Wildman–Crippen LogP) is -0.705. The van der Waals surface area contributed by atoms with Gasteiger partial charge < -0.3 is 10.4 Å². The van der Waals surface area contributed by atoms with Gasteiger partial charge in [0, 0.05) is 18.3 Å². The molecule has 1 heterocycles. The molecule has 1 saturated heterocycles. The van der Waals surface area contributed by atoms with E-state index in [1.165, 1.54) is 0 Å². The summed E-state index contributed by atoms with van der Waals surface area (Å²) >= 11 is 0. The molecule has 0 bridgehead atoms. The molecule has 1 aliphatic heterocycles. The zero-order valence-corrected chi connectivity index (χ0v) is 10.0. The summed E-state index contributed by atoms with van der Waals surface area (Å²) in [6.45, 7) is 0.00425. The third-order valence-electron chi connectivity index (χ3n) is 2.59. The number of nitro groups is 1. The number of carbonyl (C=O) groups is 2. The molecule has 20 heavy (non-hydrogen) atoms. The largest absolute Gasteiger partial charge is 0.872 e. The molecule has 0 aromatic heterocycles. The van der Waals surface area contributed by atoms with Crippen LogP contribution in [0.2, 0.25) is 0 Å². The second-order valence-electron chi connectivity index (χ2n) is 3.97. The fourth-order valence-electron chi connectivity index (χ4n) is 1.56. The van der Waals surface area contributed by atoms with E-state index < -0.39 is 28.7 Å². The number of rotatable bonds is 3. The summed E-state index contributed by atoms with van der Waals surface area (Å²) in [7, 11) is 0. The highest BCUT2D eigenvalue weighted by Crippen LogP contribution is 2.19. The van der Waals surface area contributed by atoms with Crippen LogP contribution < -0.4 is 15.7 Å². The van der Waals surface area contributed by atoms with E-state index in [1.54, 1.807) is 0 Å². The van der Waals surface area contributed by atoms with Crippen molar-refractivity contribution in [2.45, 2.75) is 6.04 Å². The zero-order valence-electron chi connectivity index (χ0n) is 10.0. The third kappa shape index (κ3) is 2.88. The fraction of sp³-hybridized carbons (Fsp3) is 0.182. The number of nitrogens with one attached hydrogen (secondary N) is 2. The summed E-state index contributed by atoms with van der Waals surface area (Å²) < 4.78 is 0. The smallest absolute Gasteiger partial charge is 0.321 e. The Bertz CT molecular complexity index is 613. The number of amides is 3. The van der Waals surface area contributed by atoms with Crippen LogP contribution in [0.15, 0.2) is 23.2 Å². The summed E-state index contributed by atoms with van der Waals surface area (Å²) in [5.74, 6) is -1.04. The summed E-state index contributed by atoms with van der Waals surface area (Å²) in [5, 5.41) is 26.5. The normalized spacial score (nSPS) is 18.7. The van der Waals surface area contributed by atoms with E-state index in [1.807, 2.05) is 5.32 Å². The van der Waals surface area contributed by atoms with Gasteiger partial charge in [0.05, 0.1) is 11.5 Å². The Kier molecular flexibility index (Phi) is 3.60. The number of non-ortho nitro benzene ring substituents is 1. The number of urea groups is 1. The van der Waals surface area contributed by atoms with Crippen molar-refractivity contribution in [2.24, 2.45) is 4.99 Å². The first-order valence-corrected chi connectivity index (χ1v) is 5.54. The lowest BCUT2D eigenvalue weighted by Crippen LogP contribution is -2.54. The first-order chi connectivity index (χ1) is 9.47. The van der Waals surface area contributed by atoms with Crippen LogP contribution in [-0.2, 0) is 4.79 Å². The molecule has 0 saturated carbocycles. The SMILES string of the molecule is O=C1NCC(N=Cc2cc([N+](=O)[O-])ccc2[O-])C(=O)N1. The number of nitro benzene ring substituents is 1. The topological polar surface area (TPSA) is 137 Å². The van der Waals surface area contributed by atoms with Crippen LogP contribution in [0, 0.1) is 10.1 Å². The Hall–Kier alpha value is -2.97. The lowest BCUT2D eigenvalue weighted by molar-refractivity contribution is -0.385. The van der Waals surface area contributed by atoms with Gasteiger partial charge in [0.25, 0.3) is 11.6 Å². The average Bonchev–Trinajstić information content (AvgIpc) is 2.39. The maximum atomic E-state index is 11.5. The van der Waals surface area contributed by atoms with Gasteiger partial charge in [-0.25, -0.2) is 4.79 Å². The minimum Gasteiger partial charge on any atom is -0.872 e. The molecular formula is C11H9N4O5-. The third-order valence-corrected chi connectivity index (χ3v) is 2.59. The zero-order chi connectivity index (χ0) is 14.7. The number of aliphatic imine (C=N–C) groups is 1. The predicted molar refractivity (Wildman–Crippen MR) is 65.5 cm³/mol. The van der Waals surface area contributed by atoms with Gasteiger partial charge >= 0.3 is 6.03 Å². The van der Waals surface area contributed by atoms with Gasteiger partial charge in [0.1, 0.15) is 6.04 Å². The fourth-order valence-corrected chi connectivity index (χ4v) is 1.56. The summed E-state index contributed by atoms with van der Waals surface area (Å²) in [6.07, 6.45) is 1.09. The average molecular weight is 277 g/mol. The van der Waals surface area contributed by atoms with Gasteiger partial charge in [-0.3, -0.25) is 25.2 Å². The van der Waals surface area contributed by atoms with Crippen LogP contribution in [-0.4, -0.2) is 35.7 Å². The molecule has 1 unspecified atom stereocenters. The first kappa shape index (κ1) is 13.5. The van der Waals surface area contributed by atoms with Crippen LogP contribution in [0.5, 0.6) is 5.75 Å². The second-order valence-corrected chi connectivity index (χ2v) is 3.97. The maximum absolute atomic E-state index is 11.5. The number of nitrogens with zero attached hydrogens (tertiary/aromatic N) is 2. The molecule has 2 N–H and O–H groups in total. The second kappa shape index (κ2) is 5.34. The van der Waals surface area contributed by atoms with E-state index in [0.717, 1.165) is 24.4 Å². The number of benzene rings is 1. The quantitative estimate of drug-likeness (QED) is 0.427. The first-order valence-electron chi connectivity index (χ1n) is 5.54.